The molecule has 2 aliphatic heterocycles. The molecule has 1 N–H and O–H groups in total. The van der Waals surface area contributed by atoms with Gasteiger partial charge in [0.05, 0.1) is 16.7 Å². The molecule has 0 aromatic heterocycles. The smallest absolute Gasteiger partial charge is 0.249 e. The Bertz CT molecular complexity index is 940. The SMILES string of the molecule is O=c1cc2c3ccccc3nc-2c2ccccc2[nH]1. The van der Waals surface area contributed by atoms with Gasteiger partial charge in [0.15, 0.2) is 0 Å². The molecule has 0 saturated carbocycles. The Labute approximate surface area is 108 Å². The summed E-state index contributed by atoms with van der Waals surface area (Å²) in [5, 5.41) is 1.99. The van der Waals surface area contributed by atoms with Gasteiger partial charge in [-0.2, -0.15) is 0 Å². The van der Waals surface area contributed by atoms with E-state index in [-0.39, 0.29) is 5.56 Å². The zero-order valence-electron chi connectivity index (χ0n) is 10.1. The van der Waals surface area contributed by atoms with Crippen molar-refractivity contribution in [2.45, 2.75) is 0 Å². The first kappa shape index (κ1) is 10.3. The first-order chi connectivity index (χ1) is 9.33. The van der Waals surface area contributed by atoms with Gasteiger partial charge in [-0.3, -0.25) is 4.79 Å². The molecule has 0 atom stereocenters. The number of para-hydroxylation sites is 2. The highest BCUT2D eigenvalue weighted by atomic mass is 16.1. The van der Waals surface area contributed by atoms with E-state index >= 15 is 0 Å². The molecule has 0 amide bonds. The summed E-state index contributed by atoms with van der Waals surface area (Å²) in [6.07, 6.45) is 0. The number of hydrogen-bond acceptors (Lipinski definition) is 2. The molecule has 0 fully saturated rings. The Hall–Kier alpha value is -2.68. The molecular weight excluding hydrogens is 236 g/mol. The number of aromatic amines is 1. The van der Waals surface area contributed by atoms with Crippen molar-refractivity contribution in [3.8, 4) is 11.3 Å². The van der Waals surface area contributed by atoms with Crippen LogP contribution in [0.25, 0.3) is 33.1 Å². The lowest BCUT2D eigenvalue weighted by Gasteiger charge is -1.95. The summed E-state index contributed by atoms with van der Waals surface area (Å²) < 4.78 is 0. The lowest BCUT2D eigenvalue weighted by Crippen LogP contribution is -1.98. The number of nitrogens with one attached hydrogen (secondary N) is 1. The zero-order chi connectivity index (χ0) is 12.8. The van der Waals surface area contributed by atoms with E-state index in [2.05, 4.69) is 9.97 Å². The van der Waals surface area contributed by atoms with E-state index in [1.165, 1.54) is 0 Å². The summed E-state index contributed by atoms with van der Waals surface area (Å²) >= 11 is 0. The largest absolute Gasteiger partial charge is 0.322 e. The number of nitrogens with zero attached hydrogens (tertiary/aromatic N) is 1. The number of benzene rings is 2. The molecule has 0 aliphatic carbocycles. The van der Waals surface area contributed by atoms with Crippen molar-refractivity contribution in [2.24, 2.45) is 0 Å². The topological polar surface area (TPSA) is 45.8 Å². The lowest BCUT2D eigenvalue weighted by molar-refractivity contribution is 1.33. The van der Waals surface area contributed by atoms with Crippen LogP contribution in [-0.2, 0) is 0 Å². The second-order valence-electron chi connectivity index (χ2n) is 4.57. The molecule has 0 unspecified atom stereocenters. The van der Waals surface area contributed by atoms with Gasteiger partial charge in [-0.25, -0.2) is 4.98 Å². The first-order valence-electron chi connectivity index (χ1n) is 6.13. The minimum Gasteiger partial charge on any atom is -0.322 e. The summed E-state index contributed by atoms with van der Waals surface area (Å²) in [6, 6.07) is 17.3. The van der Waals surface area contributed by atoms with Crippen LogP contribution in [0.2, 0.25) is 0 Å². The molecule has 0 radical (unpaired) electrons. The molecule has 2 aliphatic rings. The van der Waals surface area contributed by atoms with Crippen molar-refractivity contribution in [3.05, 3.63) is 65.0 Å². The predicted octanol–water partition coefficient (Wildman–Crippen LogP) is 3.18. The van der Waals surface area contributed by atoms with Gasteiger partial charge in [0, 0.05) is 22.4 Å². The number of hydrogen-bond donors (Lipinski definition) is 1. The molecule has 2 heterocycles. The van der Waals surface area contributed by atoms with Crippen LogP contribution >= 0.6 is 0 Å². The fourth-order valence-electron chi connectivity index (χ4n) is 2.56. The third-order valence-electron chi connectivity index (χ3n) is 3.40. The molecule has 90 valence electrons. The first-order valence-corrected chi connectivity index (χ1v) is 6.13. The molecule has 3 heteroatoms. The van der Waals surface area contributed by atoms with Crippen LogP contribution in [0.4, 0.5) is 0 Å². The van der Waals surface area contributed by atoms with Crippen molar-refractivity contribution in [1.29, 1.82) is 0 Å². The molecule has 0 spiro atoms. The van der Waals surface area contributed by atoms with Gasteiger partial charge in [0.25, 0.3) is 0 Å². The number of aromatic nitrogens is 2. The Morgan fingerprint density at radius 3 is 2.53 bits per heavy atom. The van der Waals surface area contributed by atoms with E-state index in [0.717, 1.165) is 33.1 Å². The van der Waals surface area contributed by atoms with Gasteiger partial charge in [-0.1, -0.05) is 36.4 Å². The Morgan fingerprint density at radius 2 is 1.63 bits per heavy atom. The summed E-state index contributed by atoms with van der Waals surface area (Å²) in [5.74, 6) is 0. The molecule has 2 aromatic rings. The normalized spacial score (nSPS) is 11.4. The maximum absolute atomic E-state index is 12.0. The average Bonchev–Trinajstić information content (AvgIpc) is 2.71. The number of H-pyrrole nitrogens is 1. The highest BCUT2D eigenvalue weighted by Gasteiger charge is 2.14. The predicted molar refractivity (Wildman–Crippen MR) is 76.5 cm³/mol. The van der Waals surface area contributed by atoms with E-state index < -0.39 is 0 Å². The van der Waals surface area contributed by atoms with Crippen LogP contribution in [0.3, 0.4) is 0 Å². The van der Waals surface area contributed by atoms with Gasteiger partial charge in [0.1, 0.15) is 0 Å². The van der Waals surface area contributed by atoms with Crippen LogP contribution in [0, 0.1) is 0 Å². The maximum atomic E-state index is 12.0. The highest BCUT2D eigenvalue weighted by molar-refractivity contribution is 6.05. The van der Waals surface area contributed by atoms with Crippen LogP contribution in [0.5, 0.6) is 0 Å². The molecule has 4 rings (SSSR count). The van der Waals surface area contributed by atoms with E-state index in [0.29, 0.717) is 0 Å². The third kappa shape index (κ3) is 1.45. The van der Waals surface area contributed by atoms with Crippen molar-refractivity contribution in [1.82, 2.24) is 9.97 Å². The number of rotatable bonds is 0. The molecule has 19 heavy (non-hydrogen) atoms. The monoisotopic (exact) mass is 246 g/mol. The average molecular weight is 246 g/mol. The third-order valence-corrected chi connectivity index (χ3v) is 3.40. The Morgan fingerprint density at radius 1 is 0.895 bits per heavy atom. The fraction of sp³-hybridized carbons (Fsp3) is 0. The maximum Gasteiger partial charge on any atom is 0.249 e. The van der Waals surface area contributed by atoms with Crippen molar-refractivity contribution in [2.75, 3.05) is 0 Å². The van der Waals surface area contributed by atoms with Crippen LogP contribution in [0.1, 0.15) is 0 Å². The van der Waals surface area contributed by atoms with Crippen molar-refractivity contribution < 1.29 is 0 Å². The van der Waals surface area contributed by atoms with Gasteiger partial charge < -0.3 is 4.98 Å². The summed E-state index contributed by atoms with van der Waals surface area (Å²) in [7, 11) is 0. The quantitative estimate of drug-likeness (QED) is 0.518. The number of fused-ring (bicyclic) bond motifs is 5. The highest BCUT2D eigenvalue weighted by Crippen LogP contribution is 2.33. The van der Waals surface area contributed by atoms with E-state index in [1.807, 2.05) is 48.5 Å². The molecule has 2 aromatic carbocycles. The second kappa shape index (κ2) is 3.65. The summed E-state index contributed by atoms with van der Waals surface area (Å²) in [6.45, 7) is 0. The molecule has 3 nitrogen and oxygen atoms in total. The summed E-state index contributed by atoms with van der Waals surface area (Å²) in [5.41, 5.74) is 3.40. The van der Waals surface area contributed by atoms with Gasteiger partial charge in [-0.15, -0.1) is 0 Å². The molecule has 0 saturated heterocycles. The van der Waals surface area contributed by atoms with Crippen molar-refractivity contribution in [3.63, 3.8) is 0 Å². The minimum absolute atomic E-state index is 0.107. The fourth-order valence-corrected chi connectivity index (χ4v) is 2.56. The van der Waals surface area contributed by atoms with Crippen LogP contribution in [0.15, 0.2) is 59.4 Å². The van der Waals surface area contributed by atoms with Crippen LogP contribution < -0.4 is 5.56 Å². The van der Waals surface area contributed by atoms with Gasteiger partial charge in [0.2, 0.25) is 5.56 Å². The van der Waals surface area contributed by atoms with Crippen molar-refractivity contribution >= 4 is 21.8 Å². The van der Waals surface area contributed by atoms with E-state index in [1.54, 1.807) is 6.07 Å². The second-order valence-corrected chi connectivity index (χ2v) is 4.57. The Balaban J connectivity index is 2.33. The standard InChI is InChI=1S/C16H10N2O/c19-15-9-12-10-5-1-3-7-13(10)18-16(12)11-6-2-4-8-14(11)17-15/h1-9H,(H,17,19). The zero-order valence-corrected chi connectivity index (χ0v) is 10.1. The molecule has 0 bridgehead atoms. The van der Waals surface area contributed by atoms with E-state index in [9.17, 15) is 4.79 Å². The van der Waals surface area contributed by atoms with Gasteiger partial charge in [-0.05, 0) is 12.1 Å². The molecular formula is C16H10N2O. The van der Waals surface area contributed by atoms with Crippen LogP contribution in [-0.4, -0.2) is 9.97 Å². The summed E-state index contributed by atoms with van der Waals surface area (Å²) in [4.78, 5) is 19.5. The Kier molecular flexibility index (Phi) is 1.97. The van der Waals surface area contributed by atoms with E-state index in [4.69, 9.17) is 0 Å². The lowest BCUT2D eigenvalue weighted by atomic mass is 10.1. The van der Waals surface area contributed by atoms with Gasteiger partial charge >= 0.3 is 0 Å². The minimum atomic E-state index is -0.107.